The molecule has 1 fully saturated rings. The molecule has 4 aromatic carbocycles. The number of nitrogens with zero attached hydrogens (tertiary/aromatic N) is 2. The summed E-state index contributed by atoms with van der Waals surface area (Å²) in [4.78, 5) is 73.8. The second-order valence-corrected chi connectivity index (χ2v) is 17.5. The minimum Gasteiger partial charge on any atom is -0.493 e. The van der Waals surface area contributed by atoms with Gasteiger partial charge in [0.15, 0.2) is 29.6 Å². The number of pyridine rings is 2. The highest BCUT2D eigenvalue weighted by Gasteiger charge is 2.55. The van der Waals surface area contributed by atoms with Crippen LogP contribution in [0.5, 0.6) is 34.5 Å². The van der Waals surface area contributed by atoms with E-state index in [-0.39, 0.29) is 54.4 Å². The number of benzene rings is 4. The molecule has 352 valence electrons. The Morgan fingerprint density at radius 2 is 1.58 bits per heavy atom. The monoisotopic (exact) mass is 936 g/mol. The number of carbonyl (C=O) groups is 4. The average molecular weight is 937 g/mol. The largest absolute Gasteiger partial charge is 0.493 e. The smallest absolute Gasteiger partial charge is 0.355 e. The first-order chi connectivity index (χ1) is 33.4. The van der Waals surface area contributed by atoms with Gasteiger partial charge in [-0.2, -0.15) is 0 Å². The zero-order valence-corrected chi connectivity index (χ0v) is 38.1. The van der Waals surface area contributed by atoms with Crippen LogP contribution >= 0.6 is 0 Å². The first-order valence-electron chi connectivity index (χ1n) is 22.3. The molecule has 1 saturated heterocycles. The van der Waals surface area contributed by atoms with E-state index in [0.717, 1.165) is 22.0 Å². The summed E-state index contributed by atoms with van der Waals surface area (Å²) in [5, 5.41) is 0.949. The summed E-state index contributed by atoms with van der Waals surface area (Å²) in [7, 11) is 4.52. The Morgan fingerprint density at radius 1 is 0.841 bits per heavy atom. The van der Waals surface area contributed by atoms with Crippen LogP contribution < -0.4 is 34.0 Å². The Bertz CT molecular complexity index is 3210. The molecule has 4 aliphatic heterocycles. The molecule has 3 unspecified atom stereocenters. The van der Waals surface area contributed by atoms with E-state index in [4.69, 9.17) is 52.4 Å². The van der Waals surface area contributed by atoms with E-state index in [1.807, 2.05) is 31.2 Å². The van der Waals surface area contributed by atoms with E-state index in [9.17, 15) is 24.0 Å². The van der Waals surface area contributed by atoms with Crippen LogP contribution in [0.15, 0.2) is 83.7 Å². The molecule has 69 heavy (non-hydrogen) atoms. The number of esters is 4. The topological polar surface area (TPSA) is 195 Å². The van der Waals surface area contributed by atoms with Gasteiger partial charge in [-0.1, -0.05) is 18.6 Å². The fraction of sp³-hybridized carbons (Fsp3) is 0.308. The molecule has 0 radical (unpaired) electrons. The molecule has 1 aliphatic carbocycles. The molecule has 6 aromatic rings. The van der Waals surface area contributed by atoms with Crippen molar-refractivity contribution in [3.8, 4) is 45.9 Å². The number of aromatic nitrogens is 2. The van der Waals surface area contributed by atoms with E-state index < -0.39 is 59.9 Å². The molecule has 2 aromatic heterocycles. The standard InChI is InChI=1S/C52H44N2O15/c1-6-52(35-19-37-45-29(14-27-13-25(2)7-12-36(27)53-45)20-54(37)48(56)33(35)21-65-51(52)59)69-42(55)23-63-30-10-8-26(9-11-30)49(57)68-46-32-18-39-38(66-24-67-39)17-31(32)43(44-34(46)22-64-50(44)58)28-15-40(60-3)47(62-5)41(16-28)61-4/h7-19,34,43-44,46H,6,20-24H2,1-5H3/t34-,43?,44+,46?,52?/m1/s1. The maximum atomic E-state index is 14.0. The van der Waals surface area contributed by atoms with Crippen molar-refractivity contribution in [3.05, 3.63) is 134 Å². The minimum atomic E-state index is -1.92. The van der Waals surface area contributed by atoms with Crippen LogP contribution in [0.4, 0.5) is 0 Å². The van der Waals surface area contributed by atoms with Crippen molar-refractivity contribution in [3.63, 3.8) is 0 Å². The van der Waals surface area contributed by atoms with Gasteiger partial charge < -0.3 is 51.9 Å². The van der Waals surface area contributed by atoms with Gasteiger partial charge in [0.2, 0.25) is 18.1 Å². The van der Waals surface area contributed by atoms with Gasteiger partial charge in [0.1, 0.15) is 18.5 Å². The number of aryl methyl sites for hydroxylation is 1. The van der Waals surface area contributed by atoms with Gasteiger partial charge in [-0.15, -0.1) is 0 Å². The molecule has 0 bridgehead atoms. The Morgan fingerprint density at radius 3 is 2.29 bits per heavy atom. The Balaban J connectivity index is 0.824. The summed E-state index contributed by atoms with van der Waals surface area (Å²) >= 11 is 0. The fourth-order valence-corrected chi connectivity index (χ4v) is 10.4. The average Bonchev–Trinajstić information content (AvgIpc) is 4.09. The molecule has 17 heteroatoms. The summed E-state index contributed by atoms with van der Waals surface area (Å²) in [5.74, 6) is -2.48. The van der Waals surface area contributed by atoms with Crippen molar-refractivity contribution >= 4 is 34.8 Å². The third-order valence-electron chi connectivity index (χ3n) is 13.8. The lowest BCUT2D eigenvalue weighted by atomic mass is 9.66. The molecule has 11 rings (SSSR count). The minimum absolute atomic E-state index is 0.00713. The summed E-state index contributed by atoms with van der Waals surface area (Å²) in [6.07, 6.45) is -0.957. The summed E-state index contributed by atoms with van der Waals surface area (Å²) in [6.45, 7) is 3.05. The quantitative estimate of drug-likeness (QED) is 0.0993. The number of hydrogen-bond donors (Lipinski definition) is 0. The van der Waals surface area contributed by atoms with Crippen molar-refractivity contribution in [2.75, 3.05) is 41.3 Å². The van der Waals surface area contributed by atoms with Gasteiger partial charge in [-0.3, -0.25) is 9.59 Å². The highest BCUT2D eigenvalue weighted by molar-refractivity contribution is 5.91. The molecular formula is C52H44N2O15. The lowest BCUT2D eigenvalue weighted by Gasteiger charge is -2.38. The van der Waals surface area contributed by atoms with Crippen molar-refractivity contribution in [2.24, 2.45) is 11.8 Å². The van der Waals surface area contributed by atoms with Crippen molar-refractivity contribution in [2.45, 2.75) is 51.0 Å². The second-order valence-electron chi connectivity index (χ2n) is 17.5. The molecule has 0 spiro atoms. The van der Waals surface area contributed by atoms with Crippen LogP contribution in [-0.2, 0) is 52.1 Å². The normalized spacial score (nSPS) is 21.2. The SMILES string of the molecule is CCC1(OC(=O)COc2ccc(C(=O)OC3c4cc5c(cc4C(c4cc(OC)c(OC)c(OC)c4)[C@H]4C(=O)OC[C@@H]34)OCO5)cc2)C(=O)OCc2c1cc1n(c2=O)Cc2cc3cc(C)ccc3nc2-1. The Labute approximate surface area is 393 Å². The van der Waals surface area contributed by atoms with Crippen molar-refractivity contribution in [1.82, 2.24) is 9.55 Å². The molecule has 5 aliphatic rings. The molecule has 5 atom stereocenters. The fourth-order valence-electron chi connectivity index (χ4n) is 10.4. The van der Waals surface area contributed by atoms with Gasteiger partial charge in [0.05, 0.1) is 68.4 Å². The predicted molar refractivity (Wildman–Crippen MR) is 242 cm³/mol. The Kier molecular flexibility index (Phi) is 10.5. The lowest BCUT2D eigenvalue weighted by molar-refractivity contribution is -0.190. The molecule has 0 N–H and O–H groups in total. The van der Waals surface area contributed by atoms with Gasteiger partial charge in [0.25, 0.3) is 5.56 Å². The lowest BCUT2D eigenvalue weighted by Crippen LogP contribution is -2.48. The van der Waals surface area contributed by atoms with E-state index in [2.05, 4.69) is 0 Å². The van der Waals surface area contributed by atoms with Crippen LogP contribution in [0.25, 0.3) is 22.3 Å². The summed E-state index contributed by atoms with van der Waals surface area (Å²) in [5.41, 5.74) is 4.12. The molecular weight excluding hydrogens is 893 g/mol. The summed E-state index contributed by atoms with van der Waals surface area (Å²) in [6, 6.07) is 22.7. The molecule has 0 saturated carbocycles. The van der Waals surface area contributed by atoms with Crippen LogP contribution in [0, 0.1) is 18.8 Å². The Hall–Kier alpha value is -8.08. The molecule has 17 nitrogen and oxygen atoms in total. The number of rotatable bonds is 11. The number of ether oxygens (including phenoxy) is 10. The maximum absolute atomic E-state index is 14.0. The van der Waals surface area contributed by atoms with E-state index in [1.54, 1.807) is 41.8 Å². The first kappa shape index (κ1) is 43.5. The van der Waals surface area contributed by atoms with Crippen LogP contribution in [0.3, 0.4) is 0 Å². The predicted octanol–water partition coefficient (Wildman–Crippen LogP) is 6.61. The van der Waals surface area contributed by atoms with Crippen molar-refractivity contribution < 1.29 is 66.5 Å². The summed E-state index contributed by atoms with van der Waals surface area (Å²) < 4.78 is 59.2. The number of fused-ring (bicyclic) bond motifs is 8. The van der Waals surface area contributed by atoms with Gasteiger partial charge in [0, 0.05) is 33.9 Å². The van der Waals surface area contributed by atoms with Gasteiger partial charge in [-0.25, -0.2) is 19.4 Å². The van der Waals surface area contributed by atoms with Gasteiger partial charge >= 0.3 is 23.9 Å². The van der Waals surface area contributed by atoms with E-state index in [1.165, 1.54) is 45.6 Å². The highest BCUT2D eigenvalue weighted by atomic mass is 16.7. The highest BCUT2D eigenvalue weighted by Crippen LogP contribution is 2.57. The number of cyclic esters (lactones) is 2. The third kappa shape index (κ3) is 6.96. The molecule has 6 heterocycles. The van der Waals surface area contributed by atoms with Crippen LogP contribution in [0.2, 0.25) is 0 Å². The number of hydrogen-bond acceptors (Lipinski definition) is 16. The zero-order chi connectivity index (χ0) is 47.9. The van der Waals surface area contributed by atoms with Crippen LogP contribution in [0.1, 0.15) is 74.7 Å². The van der Waals surface area contributed by atoms with Crippen molar-refractivity contribution in [1.29, 1.82) is 0 Å². The second kappa shape index (κ2) is 16.6. The van der Waals surface area contributed by atoms with E-state index >= 15 is 0 Å². The third-order valence-corrected chi connectivity index (χ3v) is 13.8. The van der Waals surface area contributed by atoms with Crippen LogP contribution in [-0.4, -0.2) is 74.8 Å². The maximum Gasteiger partial charge on any atom is 0.355 e. The van der Waals surface area contributed by atoms with Gasteiger partial charge in [-0.05, 0) is 97.3 Å². The molecule has 0 amide bonds. The number of methoxy groups -OCH3 is 3. The van der Waals surface area contributed by atoms with E-state index in [0.29, 0.717) is 63.4 Å². The zero-order valence-electron chi connectivity index (χ0n) is 38.1. The first-order valence-corrected chi connectivity index (χ1v) is 22.3. The number of carbonyl (C=O) groups excluding carboxylic acids is 4.